The van der Waals surface area contributed by atoms with E-state index in [1.165, 1.54) is 36.0 Å². The molecule has 0 bridgehead atoms. The highest BCUT2D eigenvalue weighted by atomic mass is 32.2. The second kappa shape index (κ2) is 10.8. The maximum Gasteiger partial charge on any atom is 0.243 e. The topological polar surface area (TPSA) is 107 Å². The first-order chi connectivity index (χ1) is 16.5. The van der Waals surface area contributed by atoms with Crippen molar-refractivity contribution >= 4 is 29.3 Å². The molecule has 3 aromatic rings. The number of anilines is 1. The van der Waals surface area contributed by atoms with Crippen LogP contribution in [0, 0.1) is 5.82 Å². The second-order valence-electron chi connectivity index (χ2n) is 7.22. The molecule has 34 heavy (non-hydrogen) atoms. The number of fused-ring (bicyclic) bond motifs is 1. The Morgan fingerprint density at radius 1 is 1.15 bits per heavy atom. The molecule has 0 spiro atoms. The van der Waals surface area contributed by atoms with Crippen molar-refractivity contribution in [3.63, 3.8) is 0 Å². The van der Waals surface area contributed by atoms with Crippen molar-refractivity contribution in [1.29, 1.82) is 0 Å². The highest BCUT2D eigenvalue weighted by Crippen LogP contribution is 2.36. The summed E-state index contributed by atoms with van der Waals surface area (Å²) in [6.45, 7) is 4.27. The number of hydrogen-bond donors (Lipinski definition) is 2. The van der Waals surface area contributed by atoms with Gasteiger partial charge in [0, 0.05) is 12.2 Å². The van der Waals surface area contributed by atoms with Gasteiger partial charge in [-0.1, -0.05) is 30.0 Å². The van der Waals surface area contributed by atoms with Crippen LogP contribution in [0.1, 0.15) is 11.9 Å². The van der Waals surface area contributed by atoms with Gasteiger partial charge < -0.3 is 20.1 Å². The molecule has 176 valence electrons. The highest BCUT2D eigenvalue weighted by Gasteiger charge is 2.28. The Morgan fingerprint density at radius 3 is 2.68 bits per heavy atom. The molecule has 9 nitrogen and oxygen atoms in total. The number of hydrogen-bond acceptors (Lipinski definition) is 7. The van der Waals surface area contributed by atoms with Crippen molar-refractivity contribution in [2.24, 2.45) is 0 Å². The fourth-order valence-electron chi connectivity index (χ4n) is 3.19. The van der Waals surface area contributed by atoms with Gasteiger partial charge in [0.2, 0.25) is 11.8 Å². The van der Waals surface area contributed by atoms with Crippen molar-refractivity contribution in [1.82, 2.24) is 20.1 Å². The first-order valence-corrected chi connectivity index (χ1v) is 11.4. The lowest BCUT2D eigenvalue weighted by atomic mass is 10.2. The zero-order chi connectivity index (χ0) is 23.9. The van der Waals surface area contributed by atoms with Crippen LogP contribution in [0.3, 0.4) is 0 Å². The van der Waals surface area contributed by atoms with Gasteiger partial charge in [-0.2, -0.15) is 0 Å². The smallest absolute Gasteiger partial charge is 0.243 e. The molecule has 4 rings (SSSR count). The average Bonchev–Trinajstić information content (AvgIpc) is 3.25. The summed E-state index contributed by atoms with van der Waals surface area (Å²) in [4.78, 5) is 24.2. The van der Waals surface area contributed by atoms with Crippen LogP contribution >= 0.6 is 11.8 Å². The maximum absolute atomic E-state index is 12.9. The van der Waals surface area contributed by atoms with Crippen molar-refractivity contribution in [2.45, 2.75) is 17.8 Å². The van der Waals surface area contributed by atoms with Crippen molar-refractivity contribution < 1.29 is 23.5 Å². The molecular formula is C23H22FN5O4S. The lowest BCUT2D eigenvalue weighted by Crippen LogP contribution is -2.34. The normalized spacial score (nSPS) is 14.3. The maximum atomic E-state index is 12.9. The van der Waals surface area contributed by atoms with Gasteiger partial charge in [0.05, 0.1) is 12.3 Å². The number of nitrogens with one attached hydrogen (secondary N) is 2. The summed E-state index contributed by atoms with van der Waals surface area (Å²) in [5.74, 6) is 0.725. The second-order valence-corrected chi connectivity index (χ2v) is 8.17. The van der Waals surface area contributed by atoms with Crippen LogP contribution < -0.4 is 20.1 Å². The number of rotatable bonds is 9. The minimum absolute atomic E-state index is 0.0317. The zero-order valence-electron chi connectivity index (χ0n) is 18.1. The predicted molar refractivity (Wildman–Crippen MR) is 124 cm³/mol. The third-order valence-electron chi connectivity index (χ3n) is 4.76. The number of para-hydroxylation sites is 2. The number of nitrogens with zero attached hydrogens (tertiary/aromatic N) is 3. The first kappa shape index (κ1) is 23.3. The van der Waals surface area contributed by atoms with E-state index in [4.69, 9.17) is 9.47 Å². The number of carbonyl (C=O) groups is 2. The minimum Gasteiger partial charge on any atom is -0.485 e. The van der Waals surface area contributed by atoms with Crippen molar-refractivity contribution in [3.8, 4) is 11.5 Å². The summed E-state index contributed by atoms with van der Waals surface area (Å²) in [7, 11) is 0. The monoisotopic (exact) mass is 483 g/mol. The lowest BCUT2D eigenvalue weighted by molar-refractivity contribution is -0.122. The summed E-state index contributed by atoms with van der Waals surface area (Å²) in [6.07, 6.45) is 1.25. The molecule has 0 saturated heterocycles. The van der Waals surface area contributed by atoms with Gasteiger partial charge in [0.1, 0.15) is 12.4 Å². The minimum atomic E-state index is -0.458. The molecule has 11 heteroatoms. The Bertz CT molecular complexity index is 1180. The Hall–Kier alpha value is -3.86. The zero-order valence-corrected chi connectivity index (χ0v) is 18.9. The van der Waals surface area contributed by atoms with Crippen molar-refractivity contribution in [2.75, 3.05) is 24.2 Å². The van der Waals surface area contributed by atoms with E-state index in [1.807, 2.05) is 28.8 Å². The van der Waals surface area contributed by atoms with Gasteiger partial charge in [-0.25, -0.2) is 4.39 Å². The molecule has 0 unspecified atom stereocenters. The van der Waals surface area contributed by atoms with E-state index >= 15 is 0 Å². The number of ether oxygens (including phenoxy) is 2. The predicted octanol–water partition coefficient (Wildman–Crippen LogP) is 2.96. The number of benzene rings is 2. The molecule has 0 saturated carbocycles. The summed E-state index contributed by atoms with van der Waals surface area (Å²) in [5, 5.41) is 14.1. The van der Waals surface area contributed by atoms with Crippen LogP contribution in [-0.2, 0) is 16.1 Å². The standard InChI is InChI=1S/C23H22FN5O4S/c1-2-11-29-22(19-13-32-17-5-3-4-6-18(17)33-19)27-28-23(29)34-14-21(31)25-12-20(30)26-16-9-7-15(24)8-10-16/h2-10,19H,1,11-14H2,(H,25,31)(H,26,30)/t19-/m1/s1. The summed E-state index contributed by atoms with van der Waals surface area (Å²) < 4.78 is 26.6. The number of aromatic nitrogens is 3. The highest BCUT2D eigenvalue weighted by molar-refractivity contribution is 7.99. The average molecular weight is 484 g/mol. The number of carbonyl (C=O) groups excluding carboxylic acids is 2. The van der Waals surface area contributed by atoms with Gasteiger partial charge >= 0.3 is 0 Å². The van der Waals surface area contributed by atoms with E-state index in [9.17, 15) is 14.0 Å². The molecule has 0 aliphatic carbocycles. The molecule has 1 aliphatic heterocycles. The molecule has 0 radical (unpaired) electrons. The number of allylic oxidation sites excluding steroid dienone is 1. The van der Waals surface area contributed by atoms with Crippen LogP contribution in [0.15, 0.2) is 66.3 Å². The van der Waals surface area contributed by atoms with Crippen molar-refractivity contribution in [3.05, 3.63) is 72.8 Å². The number of halogens is 1. The SMILES string of the molecule is C=CCn1c(SCC(=O)NCC(=O)Nc2ccc(F)cc2)nnc1[C@H]1COc2ccccc2O1. The fraction of sp³-hybridized carbons (Fsp3) is 0.217. The van der Waals surface area contributed by atoms with E-state index in [-0.39, 0.29) is 24.8 Å². The van der Waals surface area contributed by atoms with E-state index < -0.39 is 17.8 Å². The molecule has 0 fully saturated rings. The number of thioether (sulfide) groups is 1. The van der Waals surface area contributed by atoms with Gasteiger partial charge in [-0.05, 0) is 36.4 Å². The van der Waals surface area contributed by atoms with Crippen LogP contribution in [0.25, 0.3) is 0 Å². The van der Waals surface area contributed by atoms with Gasteiger partial charge in [-0.15, -0.1) is 16.8 Å². The van der Waals surface area contributed by atoms with Crippen LogP contribution in [-0.4, -0.2) is 45.5 Å². The molecular weight excluding hydrogens is 461 g/mol. The summed E-state index contributed by atoms with van der Waals surface area (Å²) in [6, 6.07) is 12.7. The van der Waals surface area contributed by atoms with Gasteiger partial charge in [0.25, 0.3) is 0 Å². The summed E-state index contributed by atoms with van der Waals surface area (Å²) >= 11 is 1.18. The molecule has 1 atom stereocenters. The third-order valence-corrected chi connectivity index (χ3v) is 5.73. The first-order valence-electron chi connectivity index (χ1n) is 10.4. The Balaban J connectivity index is 1.31. The van der Waals surface area contributed by atoms with E-state index in [2.05, 4.69) is 27.4 Å². The molecule has 2 amide bonds. The molecule has 2 N–H and O–H groups in total. The third kappa shape index (κ3) is 5.73. The summed E-state index contributed by atoms with van der Waals surface area (Å²) in [5.41, 5.74) is 0.441. The van der Waals surface area contributed by atoms with E-state index in [0.717, 1.165) is 0 Å². The molecule has 1 aliphatic rings. The van der Waals surface area contributed by atoms with Crippen LogP contribution in [0.4, 0.5) is 10.1 Å². The fourth-order valence-corrected chi connectivity index (χ4v) is 3.98. The van der Waals surface area contributed by atoms with E-state index in [0.29, 0.717) is 34.7 Å². The van der Waals surface area contributed by atoms with E-state index in [1.54, 1.807) is 6.08 Å². The number of amides is 2. The Kier molecular flexibility index (Phi) is 7.43. The quantitative estimate of drug-likeness (QED) is 0.356. The Morgan fingerprint density at radius 2 is 1.91 bits per heavy atom. The lowest BCUT2D eigenvalue weighted by Gasteiger charge is -2.26. The largest absolute Gasteiger partial charge is 0.485 e. The molecule has 2 aromatic carbocycles. The van der Waals surface area contributed by atoms with Gasteiger partial charge in [0.15, 0.2) is 28.6 Å². The Labute approximate surface area is 199 Å². The molecule has 1 aromatic heterocycles. The van der Waals surface area contributed by atoms with Crippen LogP contribution in [0.5, 0.6) is 11.5 Å². The molecule has 2 heterocycles. The van der Waals surface area contributed by atoms with Crippen LogP contribution in [0.2, 0.25) is 0 Å². The van der Waals surface area contributed by atoms with Gasteiger partial charge in [-0.3, -0.25) is 14.2 Å².